The van der Waals surface area contributed by atoms with E-state index in [1.807, 2.05) is 6.92 Å². The quantitative estimate of drug-likeness (QED) is 0.736. The molecule has 0 aromatic heterocycles. The third-order valence-corrected chi connectivity index (χ3v) is 5.09. The highest BCUT2D eigenvalue weighted by molar-refractivity contribution is 7.89. The van der Waals surface area contributed by atoms with Crippen LogP contribution < -0.4 is 19.5 Å². The van der Waals surface area contributed by atoms with Gasteiger partial charge in [-0.25, -0.2) is 13.1 Å². The predicted molar refractivity (Wildman–Crippen MR) is 99.4 cm³/mol. The lowest BCUT2D eigenvalue weighted by Crippen LogP contribution is -2.24. The van der Waals surface area contributed by atoms with Gasteiger partial charge in [0.05, 0.1) is 19.1 Å². The molecule has 0 saturated heterocycles. The van der Waals surface area contributed by atoms with Crippen LogP contribution in [-0.4, -0.2) is 35.1 Å². The van der Waals surface area contributed by atoms with Crippen LogP contribution >= 0.6 is 0 Å². The van der Waals surface area contributed by atoms with Crippen LogP contribution in [0.25, 0.3) is 0 Å². The normalized spacial score (nSPS) is 11.0. The molecule has 0 atom stereocenters. The molecule has 2 N–H and O–H groups in total. The summed E-state index contributed by atoms with van der Waals surface area (Å²) in [6.45, 7) is 2.26. The minimum atomic E-state index is -3.53. The number of sulfonamides is 1. The maximum atomic E-state index is 12.4. The second-order valence-corrected chi connectivity index (χ2v) is 7.21. The van der Waals surface area contributed by atoms with Gasteiger partial charge in [-0.2, -0.15) is 0 Å². The second kappa shape index (κ2) is 8.68. The molecule has 2 aromatic carbocycles. The molecule has 0 radical (unpaired) electrons. The molecule has 2 aromatic rings. The first-order chi connectivity index (χ1) is 12.4. The third-order valence-electron chi connectivity index (χ3n) is 3.61. The number of methoxy groups -OCH3 is 2. The average molecular weight is 378 g/mol. The van der Waals surface area contributed by atoms with Gasteiger partial charge in [0.15, 0.2) is 11.5 Å². The van der Waals surface area contributed by atoms with E-state index in [-0.39, 0.29) is 10.8 Å². The summed E-state index contributed by atoms with van der Waals surface area (Å²) in [5.41, 5.74) is 0.878. The van der Waals surface area contributed by atoms with E-state index in [2.05, 4.69) is 10.0 Å². The van der Waals surface area contributed by atoms with Crippen LogP contribution in [0, 0.1) is 0 Å². The molecular formula is C18H22N2O5S. The Bertz CT molecular complexity index is 864. The number of amides is 1. The minimum Gasteiger partial charge on any atom is -0.493 e. The first kappa shape index (κ1) is 19.7. The number of benzene rings is 2. The summed E-state index contributed by atoms with van der Waals surface area (Å²) in [6, 6.07) is 10.8. The Labute approximate surface area is 153 Å². The predicted octanol–water partition coefficient (Wildman–Crippen LogP) is 2.64. The minimum absolute atomic E-state index is 0.148. The molecule has 0 aliphatic heterocycles. The van der Waals surface area contributed by atoms with Crippen LogP contribution in [0.3, 0.4) is 0 Å². The Morgan fingerprint density at radius 2 is 1.65 bits per heavy atom. The van der Waals surface area contributed by atoms with E-state index in [0.29, 0.717) is 35.7 Å². The van der Waals surface area contributed by atoms with Gasteiger partial charge in [-0.05, 0) is 48.9 Å². The number of carbonyl (C=O) groups excluding carboxylic acids is 1. The molecule has 26 heavy (non-hydrogen) atoms. The number of ether oxygens (including phenoxy) is 2. The van der Waals surface area contributed by atoms with Crippen molar-refractivity contribution in [3.05, 3.63) is 48.0 Å². The number of anilines is 1. The summed E-state index contributed by atoms with van der Waals surface area (Å²) in [4.78, 5) is 12.5. The van der Waals surface area contributed by atoms with Crippen molar-refractivity contribution in [2.75, 3.05) is 26.1 Å². The lowest BCUT2D eigenvalue weighted by molar-refractivity contribution is 0.102. The maximum absolute atomic E-state index is 12.4. The Balaban J connectivity index is 2.13. The van der Waals surface area contributed by atoms with Crippen LogP contribution in [0.2, 0.25) is 0 Å². The van der Waals surface area contributed by atoms with Crippen molar-refractivity contribution in [3.8, 4) is 11.5 Å². The van der Waals surface area contributed by atoms with Crippen molar-refractivity contribution in [1.82, 2.24) is 4.72 Å². The van der Waals surface area contributed by atoms with Crippen LogP contribution in [-0.2, 0) is 10.0 Å². The first-order valence-corrected chi connectivity index (χ1v) is 9.52. The zero-order valence-corrected chi connectivity index (χ0v) is 15.7. The van der Waals surface area contributed by atoms with Crippen molar-refractivity contribution in [3.63, 3.8) is 0 Å². The van der Waals surface area contributed by atoms with E-state index in [1.54, 1.807) is 30.3 Å². The second-order valence-electron chi connectivity index (χ2n) is 5.45. The molecule has 0 spiro atoms. The molecule has 7 nitrogen and oxygen atoms in total. The zero-order valence-electron chi connectivity index (χ0n) is 14.9. The van der Waals surface area contributed by atoms with Crippen LogP contribution in [0.1, 0.15) is 23.7 Å². The molecule has 0 aliphatic rings. The van der Waals surface area contributed by atoms with Crippen molar-refractivity contribution in [1.29, 1.82) is 0 Å². The van der Waals surface area contributed by atoms with Gasteiger partial charge in [0.2, 0.25) is 10.0 Å². The molecule has 140 valence electrons. The molecular weight excluding hydrogens is 356 g/mol. The summed E-state index contributed by atoms with van der Waals surface area (Å²) >= 11 is 0. The average Bonchev–Trinajstić information content (AvgIpc) is 2.66. The lowest BCUT2D eigenvalue weighted by Gasteiger charge is -2.10. The number of nitrogens with one attached hydrogen (secondary N) is 2. The first-order valence-electron chi connectivity index (χ1n) is 8.04. The standard InChI is InChI=1S/C18H22N2O5S/c1-4-11-19-26(22,23)15-8-6-14(7-9-15)20-18(21)13-5-10-16(24-2)17(12-13)25-3/h5-10,12,19H,4,11H2,1-3H3,(H,20,21). The molecule has 0 unspecified atom stereocenters. The molecule has 0 aliphatic carbocycles. The lowest BCUT2D eigenvalue weighted by atomic mass is 10.2. The van der Waals surface area contributed by atoms with E-state index in [0.717, 1.165) is 0 Å². The molecule has 1 amide bonds. The Morgan fingerprint density at radius 1 is 1.00 bits per heavy atom. The number of hydrogen-bond donors (Lipinski definition) is 2. The highest BCUT2D eigenvalue weighted by atomic mass is 32.2. The molecule has 0 saturated carbocycles. The summed E-state index contributed by atoms with van der Waals surface area (Å²) in [6.07, 6.45) is 0.707. The Hall–Kier alpha value is -2.58. The van der Waals surface area contributed by atoms with Crippen molar-refractivity contribution < 1.29 is 22.7 Å². The van der Waals surface area contributed by atoms with Gasteiger partial charge in [0.25, 0.3) is 5.91 Å². The van der Waals surface area contributed by atoms with Gasteiger partial charge in [0.1, 0.15) is 0 Å². The smallest absolute Gasteiger partial charge is 0.255 e. The van der Waals surface area contributed by atoms with Crippen LogP contribution in [0.5, 0.6) is 11.5 Å². The van der Waals surface area contributed by atoms with E-state index in [9.17, 15) is 13.2 Å². The van der Waals surface area contributed by atoms with Gasteiger partial charge in [0, 0.05) is 17.8 Å². The highest BCUT2D eigenvalue weighted by Gasteiger charge is 2.14. The SMILES string of the molecule is CCCNS(=O)(=O)c1ccc(NC(=O)c2ccc(OC)c(OC)c2)cc1. The van der Waals surface area contributed by atoms with E-state index >= 15 is 0 Å². The molecule has 0 bridgehead atoms. The van der Waals surface area contributed by atoms with Gasteiger partial charge < -0.3 is 14.8 Å². The fourth-order valence-electron chi connectivity index (χ4n) is 2.22. The van der Waals surface area contributed by atoms with Crippen molar-refractivity contribution in [2.24, 2.45) is 0 Å². The van der Waals surface area contributed by atoms with Gasteiger partial charge in [-0.15, -0.1) is 0 Å². The van der Waals surface area contributed by atoms with Crippen molar-refractivity contribution in [2.45, 2.75) is 18.2 Å². The summed E-state index contributed by atoms with van der Waals surface area (Å²) in [5.74, 6) is 0.632. The number of hydrogen-bond acceptors (Lipinski definition) is 5. The van der Waals surface area contributed by atoms with Crippen LogP contribution in [0.4, 0.5) is 5.69 Å². The zero-order chi connectivity index (χ0) is 19.2. The summed E-state index contributed by atoms with van der Waals surface area (Å²) in [7, 11) is -0.522. The molecule has 0 heterocycles. The number of carbonyl (C=O) groups is 1. The highest BCUT2D eigenvalue weighted by Crippen LogP contribution is 2.28. The third kappa shape index (κ3) is 4.74. The molecule has 0 fully saturated rings. The molecule has 8 heteroatoms. The van der Waals surface area contributed by atoms with Gasteiger partial charge >= 0.3 is 0 Å². The summed E-state index contributed by atoms with van der Waals surface area (Å²) < 4.78 is 36.9. The molecule has 2 rings (SSSR count). The van der Waals surface area contributed by atoms with Gasteiger partial charge in [-0.3, -0.25) is 4.79 Å². The van der Waals surface area contributed by atoms with Gasteiger partial charge in [-0.1, -0.05) is 6.92 Å². The Kier molecular flexibility index (Phi) is 6.59. The van der Waals surface area contributed by atoms with E-state index in [4.69, 9.17) is 9.47 Å². The van der Waals surface area contributed by atoms with E-state index < -0.39 is 10.0 Å². The number of rotatable bonds is 8. The fraction of sp³-hybridized carbons (Fsp3) is 0.278. The monoisotopic (exact) mass is 378 g/mol. The maximum Gasteiger partial charge on any atom is 0.255 e. The fourth-order valence-corrected chi connectivity index (χ4v) is 3.35. The largest absolute Gasteiger partial charge is 0.493 e. The Morgan fingerprint density at radius 3 is 2.23 bits per heavy atom. The summed E-state index contributed by atoms with van der Waals surface area (Å²) in [5, 5.41) is 2.72. The topological polar surface area (TPSA) is 93.7 Å². The van der Waals surface area contributed by atoms with Crippen LogP contribution in [0.15, 0.2) is 47.4 Å². The van der Waals surface area contributed by atoms with E-state index in [1.165, 1.54) is 26.4 Å². The van der Waals surface area contributed by atoms with Crippen molar-refractivity contribution >= 4 is 21.6 Å².